The molecule has 1 unspecified atom stereocenters. The lowest BCUT2D eigenvalue weighted by Gasteiger charge is -2.50. The Bertz CT molecular complexity index is 1130. The standard InChI is InChI=1S/C24H30N4O2S2/c1-24(13-4-2-5-14-24)22-10-3-6-15-28(22)21-9-7-8-18-16-19(11-12-20(18)21)32(29,30)27-23-25-17-26-31-23/h2,4-5,11-13,16-17,21-22H,3,6-10,14-15H2,1H3,(H,25,26,27)/t21-,22+,24?/m0/s1. The maximum absolute atomic E-state index is 12.9. The summed E-state index contributed by atoms with van der Waals surface area (Å²) < 4.78 is 32.2. The van der Waals surface area contributed by atoms with Gasteiger partial charge in [0.05, 0.1) is 4.90 Å². The van der Waals surface area contributed by atoms with E-state index in [4.69, 9.17) is 0 Å². The van der Waals surface area contributed by atoms with Gasteiger partial charge in [0.1, 0.15) is 6.33 Å². The van der Waals surface area contributed by atoms with Crippen molar-refractivity contribution in [2.24, 2.45) is 5.41 Å². The minimum absolute atomic E-state index is 0.154. The predicted octanol–water partition coefficient (Wildman–Crippen LogP) is 5.09. The van der Waals surface area contributed by atoms with E-state index in [0.717, 1.165) is 49.3 Å². The molecule has 170 valence electrons. The lowest BCUT2D eigenvalue weighted by atomic mass is 9.71. The number of hydrogen-bond acceptors (Lipinski definition) is 6. The summed E-state index contributed by atoms with van der Waals surface area (Å²) in [7, 11) is -3.67. The number of piperidine rings is 1. The van der Waals surface area contributed by atoms with Gasteiger partial charge in [0, 0.05) is 29.0 Å². The van der Waals surface area contributed by atoms with Crippen LogP contribution < -0.4 is 4.72 Å². The maximum Gasteiger partial charge on any atom is 0.263 e. The Hall–Kier alpha value is -2.03. The minimum Gasteiger partial charge on any atom is -0.293 e. The molecule has 1 N–H and O–H groups in total. The summed E-state index contributed by atoms with van der Waals surface area (Å²) in [6, 6.07) is 6.54. The summed E-state index contributed by atoms with van der Waals surface area (Å²) in [6.45, 7) is 3.51. The third kappa shape index (κ3) is 4.16. The van der Waals surface area contributed by atoms with Crippen molar-refractivity contribution in [1.82, 2.24) is 14.3 Å². The molecule has 2 heterocycles. The molecule has 1 aliphatic heterocycles. The van der Waals surface area contributed by atoms with E-state index in [1.165, 1.54) is 31.2 Å². The largest absolute Gasteiger partial charge is 0.293 e. The van der Waals surface area contributed by atoms with Crippen molar-refractivity contribution in [2.45, 2.75) is 68.8 Å². The van der Waals surface area contributed by atoms with Gasteiger partial charge < -0.3 is 0 Å². The molecule has 3 aliphatic rings. The third-order valence-electron chi connectivity index (χ3n) is 7.28. The van der Waals surface area contributed by atoms with Crippen LogP contribution in [0.25, 0.3) is 0 Å². The number of benzene rings is 1. The van der Waals surface area contributed by atoms with Gasteiger partial charge in [0.25, 0.3) is 10.0 Å². The number of nitrogens with zero attached hydrogens (tertiary/aromatic N) is 3. The fourth-order valence-electron chi connectivity index (χ4n) is 5.70. The predicted molar refractivity (Wildman–Crippen MR) is 128 cm³/mol. The summed E-state index contributed by atoms with van der Waals surface area (Å²) in [6.07, 6.45) is 18.4. The smallest absolute Gasteiger partial charge is 0.263 e. The Labute approximate surface area is 194 Å². The molecular formula is C24H30N4O2S2. The molecule has 0 bridgehead atoms. The second-order valence-corrected chi connectivity index (χ2v) is 11.8. The van der Waals surface area contributed by atoms with Gasteiger partial charge in [-0.15, -0.1) is 0 Å². The van der Waals surface area contributed by atoms with Gasteiger partial charge in [-0.05, 0) is 68.3 Å². The average Bonchev–Trinajstić information content (AvgIpc) is 3.31. The second-order valence-electron chi connectivity index (χ2n) is 9.37. The molecule has 32 heavy (non-hydrogen) atoms. The summed E-state index contributed by atoms with van der Waals surface area (Å²) in [5.74, 6) is 0. The Morgan fingerprint density at radius 1 is 1.19 bits per heavy atom. The zero-order chi connectivity index (χ0) is 22.2. The second kappa shape index (κ2) is 8.72. The first-order valence-electron chi connectivity index (χ1n) is 11.5. The van der Waals surface area contributed by atoms with Crippen LogP contribution in [0.4, 0.5) is 5.13 Å². The number of fused-ring (bicyclic) bond motifs is 1. The molecule has 1 fully saturated rings. The van der Waals surface area contributed by atoms with E-state index < -0.39 is 10.0 Å². The first-order chi connectivity index (χ1) is 15.5. The lowest BCUT2D eigenvalue weighted by Crippen LogP contribution is -2.50. The van der Waals surface area contributed by atoms with Crippen molar-refractivity contribution < 1.29 is 8.42 Å². The van der Waals surface area contributed by atoms with Gasteiger partial charge in [0.15, 0.2) is 0 Å². The summed E-state index contributed by atoms with van der Waals surface area (Å²) in [5, 5.41) is 0.291. The van der Waals surface area contributed by atoms with Gasteiger partial charge in [-0.3, -0.25) is 9.62 Å². The molecular weight excluding hydrogens is 440 g/mol. The molecule has 1 aromatic carbocycles. The van der Waals surface area contributed by atoms with E-state index in [2.05, 4.69) is 56.3 Å². The average molecular weight is 471 g/mol. The molecule has 0 saturated carbocycles. The Balaban J connectivity index is 1.44. The van der Waals surface area contributed by atoms with Gasteiger partial charge >= 0.3 is 0 Å². The molecule has 8 heteroatoms. The van der Waals surface area contributed by atoms with Crippen molar-refractivity contribution >= 4 is 26.7 Å². The van der Waals surface area contributed by atoms with Crippen molar-refractivity contribution in [2.75, 3.05) is 11.3 Å². The van der Waals surface area contributed by atoms with E-state index in [9.17, 15) is 8.42 Å². The lowest BCUT2D eigenvalue weighted by molar-refractivity contribution is 0.0253. The van der Waals surface area contributed by atoms with Crippen molar-refractivity contribution in [3.05, 3.63) is 60.0 Å². The highest BCUT2D eigenvalue weighted by atomic mass is 32.2. The molecule has 1 aromatic heterocycles. The molecule has 2 aromatic rings. The van der Waals surface area contributed by atoms with Crippen LogP contribution >= 0.6 is 11.5 Å². The van der Waals surface area contributed by atoms with E-state index in [1.54, 1.807) is 6.07 Å². The fraction of sp³-hybridized carbons (Fsp3) is 0.500. The highest BCUT2D eigenvalue weighted by Crippen LogP contribution is 2.45. The summed E-state index contributed by atoms with van der Waals surface area (Å²) in [4.78, 5) is 6.98. The quantitative estimate of drug-likeness (QED) is 0.658. The number of nitrogens with one attached hydrogen (secondary N) is 1. The molecule has 2 aliphatic carbocycles. The van der Waals surface area contributed by atoms with Crippen LogP contribution in [-0.4, -0.2) is 35.3 Å². The van der Waals surface area contributed by atoms with Gasteiger partial charge in [-0.25, -0.2) is 13.4 Å². The van der Waals surface area contributed by atoms with Crippen LogP contribution in [0, 0.1) is 5.41 Å². The minimum atomic E-state index is -3.67. The van der Waals surface area contributed by atoms with Gasteiger partial charge in [0.2, 0.25) is 5.13 Å². The van der Waals surface area contributed by atoms with Crippen molar-refractivity contribution in [3.63, 3.8) is 0 Å². The van der Waals surface area contributed by atoms with Gasteiger partial charge in [-0.1, -0.05) is 43.7 Å². The summed E-state index contributed by atoms with van der Waals surface area (Å²) >= 11 is 1.04. The maximum atomic E-state index is 12.9. The zero-order valence-electron chi connectivity index (χ0n) is 18.4. The molecule has 3 atom stereocenters. The van der Waals surface area contributed by atoms with Crippen LogP contribution in [0.1, 0.15) is 62.6 Å². The van der Waals surface area contributed by atoms with Crippen LogP contribution in [-0.2, 0) is 16.4 Å². The number of anilines is 1. The highest BCUT2D eigenvalue weighted by Gasteiger charge is 2.41. The van der Waals surface area contributed by atoms with E-state index >= 15 is 0 Å². The molecule has 5 rings (SSSR count). The Morgan fingerprint density at radius 2 is 2.09 bits per heavy atom. The number of aromatic nitrogens is 2. The van der Waals surface area contributed by atoms with E-state index in [-0.39, 0.29) is 5.41 Å². The van der Waals surface area contributed by atoms with Gasteiger partial charge in [-0.2, -0.15) is 4.37 Å². The molecule has 0 spiro atoms. The number of sulfonamides is 1. The van der Waals surface area contributed by atoms with Crippen molar-refractivity contribution in [1.29, 1.82) is 0 Å². The number of allylic oxidation sites excluding steroid dienone is 3. The number of rotatable bonds is 5. The van der Waals surface area contributed by atoms with Crippen LogP contribution in [0.3, 0.4) is 0 Å². The van der Waals surface area contributed by atoms with E-state index in [0.29, 0.717) is 22.1 Å². The molecule has 0 radical (unpaired) electrons. The highest BCUT2D eigenvalue weighted by molar-refractivity contribution is 7.93. The fourth-order valence-corrected chi connectivity index (χ4v) is 7.41. The Kier molecular flexibility index (Phi) is 5.94. The number of hydrogen-bond donors (Lipinski definition) is 1. The van der Waals surface area contributed by atoms with Crippen LogP contribution in [0.2, 0.25) is 0 Å². The Morgan fingerprint density at radius 3 is 2.88 bits per heavy atom. The van der Waals surface area contributed by atoms with Crippen LogP contribution in [0.15, 0.2) is 53.7 Å². The number of aryl methyl sites for hydroxylation is 1. The normalized spacial score (nSPS) is 28.4. The van der Waals surface area contributed by atoms with E-state index in [1.807, 2.05) is 6.07 Å². The molecule has 0 amide bonds. The van der Waals surface area contributed by atoms with Crippen LogP contribution in [0.5, 0.6) is 0 Å². The summed E-state index contributed by atoms with van der Waals surface area (Å²) in [5.41, 5.74) is 2.62. The monoisotopic (exact) mass is 470 g/mol. The third-order valence-corrected chi connectivity index (χ3v) is 9.32. The molecule has 6 nitrogen and oxygen atoms in total. The topological polar surface area (TPSA) is 75.2 Å². The first kappa shape index (κ1) is 21.8. The molecule has 1 saturated heterocycles. The first-order valence-corrected chi connectivity index (χ1v) is 13.7. The zero-order valence-corrected chi connectivity index (χ0v) is 20.0. The SMILES string of the molecule is CC1([C@H]2CCCCN2[C@H]2CCCc3cc(S(=O)(=O)Nc4ncns4)ccc32)C=CC=CC1. The van der Waals surface area contributed by atoms with Crippen molar-refractivity contribution in [3.8, 4) is 0 Å². The number of likely N-dealkylation sites (tertiary alicyclic amines) is 1.